The predicted octanol–water partition coefficient (Wildman–Crippen LogP) is 3.59. The van der Waals surface area contributed by atoms with E-state index < -0.39 is 5.60 Å². The lowest BCUT2D eigenvalue weighted by Gasteiger charge is -2.28. The largest absolute Gasteiger partial charge is 0.444 e. The summed E-state index contributed by atoms with van der Waals surface area (Å²) in [5, 5.41) is 2.97. The summed E-state index contributed by atoms with van der Waals surface area (Å²) in [6.07, 6.45) is 2.86. The number of aryl methyl sites for hydroxylation is 1. The number of amides is 1. The van der Waals surface area contributed by atoms with E-state index in [1.165, 1.54) is 11.1 Å². The molecule has 98 valence electrons. The maximum Gasteiger partial charge on any atom is 0.408 e. The molecule has 0 saturated heterocycles. The van der Waals surface area contributed by atoms with Crippen molar-refractivity contribution in [2.24, 2.45) is 0 Å². The Kier molecular flexibility index (Phi) is 3.60. The average molecular weight is 247 g/mol. The van der Waals surface area contributed by atoms with Gasteiger partial charge in [0.2, 0.25) is 0 Å². The van der Waals surface area contributed by atoms with Crippen LogP contribution in [0.25, 0.3) is 0 Å². The fourth-order valence-corrected chi connectivity index (χ4v) is 2.35. The molecule has 1 unspecified atom stereocenters. The Morgan fingerprint density at radius 2 is 2.06 bits per heavy atom. The third-order valence-electron chi connectivity index (χ3n) is 3.06. The first-order valence-electron chi connectivity index (χ1n) is 6.53. The maximum absolute atomic E-state index is 11.8. The van der Waals surface area contributed by atoms with Crippen LogP contribution in [-0.4, -0.2) is 11.7 Å². The Balaban J connectivity index is 2.05. The number of alkyl carbamates (subject to hydrolysis) is 1. The van der Waals surface area contributed by atoms with Gasteiger partial charge in [0.1, 0.15) is 5.60 Å². The van der Waals surface area contributed by atoms with Gasteiger partial charge in [0, 0.05) is 0 Å². The van der Waals surface area contributed by atoms with Gasteiger partial charge < -0.3 is 10.1 Å². The second-order valence-electron chi connectivity index (χ2n) is 5.79. The molecule has 1 aliphatic carbocycles. The molecular formula is C15H21NO2. The second kappa shape index (κ2) is 5.01. The molecule has 3 heteroatoms. The molecule has 0 bridgehead atoms. The minimum absolute atomic E-state index is 0.0878. The summed E-state index contributed by atoms with van der Waals surface area (Å²) in [5.41, 5.74) is 2.12. The average Bonchev–Trinajstić information content (AvgIpc) is 2.27. The topological polar surface area (TPSA) is 38.3 Å². The number of hydrogen-bond donors (Lipinski definition) is 1. The van der Waals surface area contributed by atoms with Gasteiger partial charge >= 0.3 is 6.09 Å². The van der Waals surface area contributed by atoms with Crippen molar-refractivity contribution in [1.29, 1.82) is 0 Å². The summed E-state index contributed by atoms with van der Waals surface area (Å²) in [6, 6.07) is 8.39. The van der Waals surface area contributed by atoms with Crippen LogP contribution in [0.4, 0.5) is 4.79 Å². The molecule has 1 aromatic carbocycles. The molecule has 1 amide bonds. The number of hydrogen-bond acceptors (Lipinski definition) is 2. The third-order valence-corrected chi connectivity index (χ3v) is 3.06. The molecule has 0 aromatic heterocycles. The molecule has 3 nitrogen and oxygen atoms in total. The van der Waals surface area contributed by atoms with Crippen LogP contribution in [0.5, 0.6) is 0 Å². The number of nitrogens with one attached hydrogen (secondary N) is 1. The van der Waals surface area contributed by atoms with Crippen molar-refractivity contribution in [1.82, 2.24) is 5.32 Å². The number of carbonyl (C=O) groups is 1. The van der Waals surface area contributed by atoms with Crippen LogP contribution in [0, 0.1) is 0 Å². The van der Waals surface area contributed by atoms with E-state index in [1.807, 2.05) is 26.8 Å². The Hall–Kier alpha value is -1.51. The molecule has 0 heterocycles. The van der Waals surface area contributed by atoms with E-state index in [2.05, 4.69) is 23.5 Å². The van der Waals surface area contributed by atoms with E-state index in [0.717, 1.165) is 19.3 Å². The molecule has 1 aliphatic rings. The summed E-state index contributed by atoms with van der Waals surface area (Å²) in [4.78, 5) is 11.8. The number of fused-ring (bicyclic) bond motifs is 1. The highest BCUT2D eigenvalue weighted by molar-refractivity contribution is 5.68. The Morgan fingerprint density at radius 3 is 2.78 bits per heavy atom. The highest BCUT2D eigenvalue weighted by Gasteiger charge is 2.24. The molecule has 1 aromatic rings. The van der Waals surface area contributed by atoms with Crippen LogP contribution in [0.3, 0.4) is 0 Å². The minimum atomic E-state index is -0.446. The van der Waals surface area contributed by atoms with Gasteiger partial charge in [-0.15, -0.1) is 0 Å². The molecule has 0 radical (unpaired) electrons. The second-order valence-corrected chi connectivity index (χ2v) is 5.79. The van der Waals surface area contributed by atoms with Crippen molar-refractivity contribution < 1.29 is 9.53 Å². The minimum Gasteiger partial charge on any atom is -0.444 e. The Bertz CT molecular complexity index is 434. The van der Waals surface area contributed by atoms with Crippen molar-refractivity contribution in [2.75, 3.05) is 0 Å². The monoisotopic (exact) mass is 247 g/mol. The molecule has 0 fully saturated rings. The zero-order valence-corrected chi connectivity index (χ0v) is 11.3. The van der Waals surface area contributed by atoms with Crippen LogP contribution in [0.15, 0.2) is 24.3 Å². The van der Waals surface area contributed by atoms with Crippen LogP contribution in [0.2, 0.25) is 0 Å². The maximum atomic E-state index is 11.8. The molecule has 0 spiro atoms. The fraction of sp³-hybridized carbons (Fsp3) is 0.533. The summed E-state index contributed by atoms with van der Waals surface area (Å²) in [7, 11) is 0. The molecule has 18 heavy (non-hydrogen) atoms. The number of ether oxygens (including phenoxy) is 1. The first-order chi connectivity index (χ1) is 8.46. The summed E-state index contributed by atoms with van der Waals surface area (Å²) in [6.45, 7) is 5.63. The lowest BCUT2D eigenvalue weighted by Crippen LogP contribution is -2.36. The molecular weight excluding hydrogens is 226 g/mol. The highest BCUT2D eigenvalue weighted by atomic mass is 16.6. The standard InChI is InChI=1S/C15H21NO2/c1-15(2,3)18-14(17)16-13-10-6-8-11-7-4-5-9-12(11)13/h4-5,7,9,13H,6,8,10H2,1-3H3,(H,16,17). The third kappa shape index (κ3) is 3.25. The molecule has 1 N–H and O–H groups in total. The van der Waals surface area contributed by atoms with Gasteiger partial charge in [0.25, 0.3) is 0 Å². The number of rotatable bonds is 1. The zero-order valence-electron chi connectivity index (χ0n) is 11.3. The molecule has 0 saturated carbocycles. The van der Waals surface area contributed by atoms with E-state index in [1.54, 1.807) is 0 Å². The van der Waals surface area contributed by atoms with Gasteiger partial charge in [-0.3, -0.25) is 0 Å². The van der Waals surface area contributed by atoms with Crippen molar-refractivity contribution in [2.45, 2.75) is 51.7 Å². The van der Waals surface area contributed by atoms with Crippen LogP contribution in [0.1, 0.15) is 50.8 Å². The van der Waals surface area contributed by atoms with Gasteiger partial charge in [0.15, 0.2) is 0 Å². The van der Waals surface area contributed by atoms with Crippen LogP contribution < -0.4 is 5.32 Å². The summed E-state index contributed by atoms with van der Waals surface area (Å²) in [5.74, 6) is 0. The SMILES string of the molecule is CC(C)(C)OC(=O)NC1CCCc2ccccc21. The van der Waals surface area contributed by atoms with Gasteiger partial charge in [0.05, 0.1) is 6.04 Å². The molecule has 2 rings (SSSR count). The first-order valence-corrected chi connectivity index (χ1v) is 6.53. The molecule has 0 aliphatic heterocycles. The van der Waals surface area contributed by atoms with Gasteiger partial charge in [-0.2, -0.15) is 0 Å². The smallest absolute Gasteiger partial charge is 0.408 e. The molecule has 1 atom stereocenters. The van der Waals surface area contributed by atoms with E-state index in [9.17, 15) is 4.79 Å². The Morgan fingerprint density at radius 1 is 1.33 bits per heavy atom. The van der Waals surface area contributed by atoms with Crippen molar-refractivity contribution in [3.05, 3.63) is 35.4 Å². The zero-order chi connectivity index (χ0) is 13.2. The number of benzene rings is 1. The highest BCUT2D eigenvalue weighted by Crippen LogP contribution is 2.29. The van der Waals surface area contributed by atoms with E-state index in [4.69, 9.17) is 4.74 Å². The predicted molar refractivity (Wildman–Crippen MR) is 71.5 cm³/mol. The van der Waals surface area contributed by atoms with E-state index >= 15 is 0 Å². The van der Waals surface area contributed by atoms with Crippen LogP contribution >= 0.6 is 0 Å². The van der Waals surface area contributed by atoms with Gasteiger partial charge in [-0.25, -0.2) is 4.79 Å². The number of carbonyl (C=O) groups excluding carboxylic acids is 1. The van der Waals surface area contributed by atoms with Crippen LogP contribution in [-0.2, 0) is 11.2 Å². The fourth-order valence-electron chi connectivity index (χ4n) is 2.35. The normalized spacial score (nSPS) is 18.9. The Labute approximate surface area is 109 Å². The quantitative estimate of drug-likeness (QED) is 0.823. The van der Waals surface area contributed by atoms with Crippen molar-refractivity contribution in [3.8, 4) is 0 Å². The first kappa shape index (κ1) is 12.9. The lowest BCUT2D eigenvalue weighted by atomic mass is 9.88. The summed E-state index contributed by atoms with van der Waals surface area (Å²) >= 11 is 0. The van der Waals surface area contributed by atoms with Crippen molar-refractivity contribution in [3.63, 3.8) is 0 Å². The van der Waals surface area contributed by atoms with E-state index in [0.29, 0.717) is 0 Å². The van der Waals surface area contributed by atoms with Gasteiger partial charge in [-0.05, 0) is 51.2 Å². The van der Waals surface area contributed by atoms with Crippen molar-refractivity contribution >= 4 is 6.09 Å². The van der Waals surface area contributed by atoms with E-state index in [-0.39, 0.29) is 12.1 Å². The van der Waals surface area contributed by atoms with Gasteiger partial charge in [-0.1, -0.05) is 24.3 Å². The lowest BCUT2D eigenvalue weighted by molar-refractivity contribution is 0.0498. The summed E-state index contributed by atoms with van der Waals surface area (Å²) < 4.78 is 5.31.